The van der Waals surface area contributed by atoms with Crippen molar-refractivity contribution in [2.24, 2.45) is 0 Å². The number of hydrogen-bond acceptors (Lipinski definition) is 4. The van der Waals surface area contributed by atoms with Crippen molar-refractivity contribution in [1.82, 2.24) is 0 Å². The minimum Gasteiger partial charge on any atom is -0.423 e. The highest BCUT2D eigenvalue weighted by Gasteiger charge is 2.25. The Hall–Kier alpha value is -2.15. The summed E-state index contributed by atoms with van der Waals surface area (Å²) < 4.78 is 5.40. The van der Waals surface area contributed by atoms with Crippen LogP contribution in [0.1, 0.15) is 15.9 Å². The van der Waals surface area contributed by atoms with Crippen LogP contribution in [-0.2, 0) is 0 Å². The highest BCUT2D eigenvalue weighted by Crippen LogP contribution is 2.30. The highest BCUT2D eigenvalue weighted by molar-refractivity contribution is 9.10. The molecule has 0 spiro atoms. The average Bonchev–Trinajstić information content (AvgIpc) is 2.38. The van der Waals surface area contributed by atoms with Crippen molar-refractivity contribution >= 4 is 40.9 Å². The van der Waals surface area contributed by atoms with E-state index in [1.165, 1.54) is 13.0 Å². The summed E-state index contributed by atoms with van der Waals surface area (Å²) in [6, 6.07) is 9.74. The number of ether oxygens (including phenoxy) is 1. The zero-order valence-electron chi connectivity index (χ0n) is 11.0. The van der Waals surface area contributed by atoms with Crippen LogP contribution < -0.4 is 10.2 Å². The molecule has 7 heteroatoms. The molecule has 5 nitrogen and oxygen atoms in total. The highest BCUT2D eigenvalue weighted by atomic mass is 79.9. The van der Waals surface area contributed by atoms with Crippen LogP contribution in [0.5, 0.6) is 5.75 Å². The summed E-state index contributed by atoms with van der Waals surface area (Å²) in [6.07, 6.45) is 0. The van der Waals surface area contributed by atoms with Crippen molar-refractivity contribution in [3.05, 3.63) is 62.1 Å². The molecule has 0 saturated carbocycles. The van der Waals surface area contributed by atoms with Gasteiger partial charge in [0.25, 0.3) is 5.69 Å². The van der Waals surface area contributed by atoms with E-state index in [0.29, 0.717) is 5.75 Å². The summed E-state index contributed by atoms with van der Waals surface area (Å²) in [4.78, 5) is 22.7. The minimum atomic E-state index is -0.730. The largest absolute Gasteiger partial charge is 0.423 e. The lowest BCUT2D eigenvalue weighted by Gasteiger charge is -2.11. The van der Waals surface area contributed by atoms with Crippen molar-refractivity contribution in [2.75, 3.05) is 0 Å². The van der Waals surface area contributed by atoms with E-state index in [0.717, 1.165) is 0 Å². The molecule has 0 fully saturated rings. The second-order valence-corrected chi connectivity index (χ2v) is 5.11. The fraction of sp³-hybridized carbons (Fsp3) is 0.0714. The predicted octanol–water partition coefficient (Wildman–Crippen LogP) is 2.68. The summed E-state index contributed by atoms with van der Waals surface area (Å²) in [5.74, 6) is -0.390. The molecule has 0 atom stereocenters. The maximum Gasteiger partial charge on any atom is 0.343 e. The van der Waals surface area contributed by atoms with Crippen LogP contribution in [-0.4, -0.2) is 18.7 Å². The Morgan fingerprint density at radius 2 is 1.95 bits per heavy atom. The van der Waals surface area contributed by atoms with Gasteiger partial charge in [-0.3, -0.25) is 10.1 Å². The molecule has 2 radical (unpaired) electrons. The third-order valence-electron chi connectivity index (χ3n) is 2.87. The lowest BCUT2D eigenvalue weighted by atomic mass is 9.87. The average molecular weight is 346 g/mol. The third kappa shape index (κ3) is 3.13. The summed E-state index contributed by atoms with van der Waals surface area (Å²) in [5, 5.41) is 11.1. The van der Waals surface area contributed by atoms with Crippen LogP contribution in [0.4, 0.5) is 5.69 Å². The normalized spacial score (nSPS) is 10.2. The molecule has 0 heterocycles. The van der Waals surface area contributed by atoms with Crippen molar-refractivity contribution in [3.63, 3.8) is 0 Å². The van der Waals surface area contributed by atoms with Gasteiger partial charge < -0.3 is 4.74 Å². The van der Waals surface area contributed by atoms with E-state index in [4.69, 9.17) is 12.6 Å². The third-order valence-corrected chi connectivity index (χ3v) is 3.47. The minimum absolute atomic E-state index is 0.00578. The number of esters is 1. The maximum absolute atomic E-state index is 12.2. The second-order valence-electron chi connectivity index (χ2n) is 4.26. The molecule has 104 valence electrons. The van der Waals surface area contributed by atoms with Crippen LogP contribution in [0.2, 0.25) is 0 Å². The fourth-order valence-electron chi connectivity index (χ4n) is 1.93. The van der Waals surface area contributed by atoms with Crippen LogP contribution in [0.25, 0.3) is 0 Å². The first-order chi connectivity index (χ1) is 9.91. The molecular formula is C14H9BBrNO4. The number of carbonyl (C=O) groups is 1. The molecular weight excluding hydrogens is 337 g/mol. The van der Waals surface area contributed by atoms with E-state index in [1.807, 2.05) is 0 Å². The lowest BCUT2D eigenvalue weighted by Crippen LogP contribution is -2.23. The van der Waals surface area contributed by atoms with Gasteiger partial charge in [0.15, 0.2) is 0 Å². The molecule has 0 unspecified atom stereocenters. The topological polar surface area (TPSA) is 69.4 Å². The number of nitro groups is 1. The zero-order valence-corrected chi connectivity index (χ0v) is 12.6. The van der Waals surface area contributed by atoms with Crippen molar-refractivity contribution in [2.45, 2.75) is 6.92 Å². The van der Waals surface area contributed by atoms with Crippen LogP contribution >= 0.6 is 15.9 Å². The smallest absolute Gasteiger partial charge is 0.343 e. The van der Waals surface area contributed by atoms with Crippen molar-refractivity contribution in [1.29, 1.82) is 0 Å². The van der Waals surface area contributed by atoms with Crippen LogP contribution in [0, 0.1) is 17.0 Å². The number of carbonyl (C=O) groups excluding carboxylic acids is 1. The van der Waals surface area contributed by atoms with Gasteiger partial charge in [0.1, 0.15) is 13.6 Å². The first-order valence-corrected chi connectivity index (χ1v) is 6.71. The number of hydrogen-bond donors (Lipinski definition) is 0. The predicted molar refractivity (Wildman–Crippen MR) is 82.3 cm³/mol. The SMILES string of the molecule is [B]c1cc(Br)c([N+](=O)[O-])c(C)c1C(=O)Oc1ccccc1. The molecule has 2 rings (SSSR count). The lowest BCUT2D eigenvalue weighted by molar-refractivity contribution is -0.386. The molecule has 21 heavy (non-hydrogen) atoms. The van der Waals surface area contributed by atoms with Crippen LogP contribution in [0.3, 0.4) is 0 Å². The van der Waals surface area contributed by atoms with Crippen molar-refractivity contribution in [3.8, 4) is 5.75 Å². The van der Waals surface area contributed by atoms with Gasteiger partial charge in [-0.2, -0.15) is 0 Å². The molecule has 2 aromatic rings. The molecule has 2 aromatic carbocycles. The maximum atomic E-state index is 12.2. The number of halogens is 1. The Labute approximate surface area is 130 Å². The number of benzene rings is 2. The van der Waals surface area contributed by atoms with E-state index in [1.54, 1.807) is 30.3 Å². The van der Waals surface area contributed by atoms with Gasteiger partial charge in [0.05, 0.1) is 15.0 Å². The summed E-state index contributed by atoms with van der Waals surface area (Å²) in [7, 11) is 5.79. The van der Waals surface area contributed by atoms with Gasteiger partial charge in [0, 0.05) is 5.56 Å². The Morgan fingerprint density at radius 1 is 1.33 bits per heavy atom. The fourth-order valence-corrected chi connectivity index (χ4v) is 2.62. The summed E-state index contributed by atoms with van der Waals surface area (Å²) >= 11 is 3.07. The number of nitrogens with zero attached hydrogens (tertiary/aromatic N) is 1. The molecule has 0 aromatic heterocycles. The second kappa shape index (κ2) is 6.09. The van der Waals surface area contributed by atoms with E-state index in [9.17, 15) is 14.9 Å². The zero-order chi connectivity index (χ0) is 15.6. The summed E-state index contributed by atoms with van der Waals surface area (Å²) in [5.41, 5.74) is 0.0664. The quantitative estimate of drug-likeness (QED) is 0.282. The van der Waals surface area contributed by atoms with Crippen LogP contribution in [0.15, 0.2) is 40.9 Å². The van der Waals surface area contributed by atoms with Gasteiger partial charge in [-0.1, -0.05) is 23.7 Å². The summed E-state index contributed by atoms with van der Waals surface area (Å²) in [6.45, 7) is 1.46. The molecule has 0 bridgehead atoms. The van der Waals surface area contributed by atoms with E-state index in [2.05, 4.69) is 15.9 Å². The first-order valence-electron chi connectivity index (χ1n) is 5.92. The Bertz CT molecular complexity index is 719. The van der Waals surface area contributed by atoms with Gasteiger partial charge >= 0.3 is 5.97 Å². The van der Waals surface area contributed by atoms with E-state index in [-0.39, 0.29) is 26.7 Å². The molecule has 0 aliphatic heterocycles. The molecule has 0 amide bonds. The molecule has 0 N–H and O–H groups in total. The number of rotatable bonds is 3. The standard InChI is InChI=1S/C14H9BBrNO4/c1-8-12(10(15)7-11(16)13(8)17(19)20)14(18)21-9-5-3-2-4-6-9/h2-7H,1H3. The van der Waals surface area contributed by atoms with E-state index < -0.39 is 10.9 Å². The Balaban J connectivity index is 2.46. The van der Waals surface area contributed by atoms with Gasteiger partial charge in [-0.15, -0.1) is 0 Å². The molecule has 0 aliphatic carbocycles. The Morgan fingerprint density at radius 3 is 2.52 bits per heavy atom. The molecule has 0 aliphatic rings. The van der Waals surface area contributed by atoms with Gasteiger partial charge in [-0.25, -0.2) is 4.79 Å². The van der Waals surface area contributed by atoms with Gasteiger partial charge in [0.2, 0.25) is 0 Å². The Kier molecular flexibility index (Phi) is 4.42. The number of para-hydroxylation sites is 1. The first kappa shape index (κ1) is 15.2. The number of nitro benzene ring substituents is 1. The van der Waals surface area contributed by atoms with E-state index >= 15 is 0 Å². The molecule has 0 saturated heterocycles. The van der Waals surface area contributed by atoms with Gasteiger partial charge in [-0.05, 0) is 41.1 Å². The van der Waals surface area contributed by atoms with Crippen molar-refractivity contribution < 1.29 is 14.5 Å². The monoisotopic (exact) mass is 345 g/mol.